The highest BCUT2D eigenvalue weighted by molar-refractivity contribution is 6.70. The maximum absolute atomic E-state index is 6.16. The molecule has 110 valence electrons. The van der Waals surface area contributed by atoms with Crippen molar-refractivity contribution in [1.82, 2.24) is 4.98 Å². The Balaban J connectivity index is 2.19. The minimum Gasteiger partial charge on any atom is -0.544 e. The fourth-order valence-corrected chi connectivity index (χ4v) is 2.82. The lowest BCUT2D eigenvalue weighted by molar-refractivity contribution is 0.543. The number of nitrogens with zero attached hydrogens (tertiary/aromatic N) is 2. The van der Waals surface area contributed by atoms with Crippen LogP contribution in [0.5, 0.6) is 5.75 Å². The summed E-state index contributed by atoms with van der Waals surface area (Å²) in [5, 5.41) is 0. The van der Waals surface area contributed by atoms with Crippen LogP contribution in [0.15, 0.2) is 53.8 Å². The molecule has 0 amide bonds. The molecule has 1 atom stereocenters. The molecule has 1 heterocycles. The molecule has 0 aliphatic heterocycles. The normalized spacial score (nSPS) is 13.3. The summed E-state index contributed by atoms with van der Waals surface area (Å²) in [5.74, 6) is 0.955. The van der Waals surface area contributed by atoms with E-state index < -0.39 is 8.32 Å². The topological polar surface area (TPSA) is 34.5 Å². The quantitative estimate of drug-likeness (QED) is 0.602. The first-order chi connectivity index (χ1) is 9.96. The van der Waals surface area contributed by atoms with Crippen molar-refractivity contribution in [1.29, 1.82) is 0 Å². The zero-order valence-corrected chi connectivity index (χ0v) is 14.1. The van der Waals surface area contributed by atoms with Crippen LogP contribution in [0.3, 0.4) is 0 Å². The molecule has 0 saturated carbocycles. The van der Waals surface area contributed by atoms with Gasteiger partial charge in [-0.2, -0.15) is 0 Å². The highest BCUT2D eigenvalue weighted by Crippen LogP contribution is 2.29. The van der Waals surface area contributed by atoms with E-state index in [0.717, 1.165) is 16.9 Å². The van der Waals surface area contributed by atoms with Gasteiger partial charge in [-0.15, -0.1) is 0 Å². The lowest BCUT2D eigenvalue weighted by atomic mass is 10.1. The Kier molecular flexibility index (Phi) is 4.91. The SMILES string of the molecule is CC(/N=C/c1ccncc1)c1ccccc1O[Si](C)(C)C. The number of hydrogen-bond acceptors (Lipinski definition) is 3. The molecule has 4 heteroatoms. The van der Waals surface area contributed by atoms with Crippen LogP contribution in [0.25, 0.3) is 0 Å². The Morgan fingerprint density at radius 1 is 1.10 bits per heavy atom. The molecule has 0 radical (unpaired) electrons. The van der Waals surface area contributed by atoms with Crippen LogP contribution in [0.4, 0.5) is 0 Å². The van der Waals surface area contributed by atoms with Gasteiger partial charge in [0.2, 0.25) is 8.32 Å². The van der Waals surface area contributed by atoms with Gasteiger partial charge in [-0.05, 0) is 50.3 Å². The van der Waals surface area contributed by atoms with Crippen LogP contribution in [0.2, 0.25) is 19.6 Å². The van der Waals surface area contributed by atoms with Crippen molar-refractivity contribution in [2.45, 2.75) is 32.6 Å². The Labute approximate surface area is 127 Å². The fraction of sp³-hybridized carbons (Fsp3) is 0.294. The molecule has 0 fully saturated rings. The molecule has 2 aromatic rings. The summed E-state index contributed by atoms with van der Waals surface area (Å²) in [4.78, 5) is 8.65. The predicted octanol–water partition coefficient (Wildman–Crippen LogP) is 4.48. The molecule has 0 saturated heterocycles. The molecule has 1 aromatic carbocycles. The number of benzene rings is 1. The minimum atomic E-state index is -1.62. The van der Waals surface area contributed by atoms with Gasteiger partial charge in [0, 0.05) is 24.2 Å². The molecule has 0 aliphatic rings. The smallest absolute Gasteiger partial charge is 0.242 e. The van der Waals surface area contributed by atoms with Crippen molar-refractivity contribution >= 4 is 14.5 Å². The maximum Gasteiger partial charge on any atom is 0.242 e. The molecule has 0 aliphatic carbocycles. The third-order valence-corrected chi connectivity index (χ3v) is 3.77. The zero-order chi connectivity index (χ0) is 15.3. The van der Waals surface area contributed by atoms with Gasteiger partial charge in [0.15, 0.2) is 0 Å². The van der Waals surface area contributed by atoms with Gasteiger partial charge >= 0.3 is 0 Å². The number of hydrogen-bond donors (Lipinski definition) is 0. The van der Waals surface area contributed by atoms with Crippen molar-refractivity contribution in [3.63, 3.8) is 0 Å². The summed E-state index contributed by atoms with van der Waals surface area (Å²) >= 11 is 0. The van der Waals surface area contributed by atoms with E-state index in [1.807, 2.05) is 36.5 Å². The number of pyridine rings is 1. The van der Waals surface area contributed by atoms with Crippen LogP contribution in [0, 0.1) is 0 Å². The first kappa shape index (κ1) is 15.4. The van der Waals surface area contributed by atoms with Gasteiger partial charge in [-0.1, -0.05) is 18.2 Å². The van der Waals surface area contributed by atoms with Crippen molar-refractivity contribution in [3.8, 4) is 5.75 Å². The van der Waals surface area contributed by atoms with Gasteiger partial charge in [0.05, 0.1) is 6.04 Å². The molecule has 21 heavy (non-hydrogen) atoms. The monoisotopic (exact) mass is 298 g/mol. The second kappa shape index (κ2) is 6.67. The van der Waals surface area contributed by atoms with Crippen LogP contribution in [-0.2, 0) is 0 Å². The van der Waals surface area contributed by atoms with E-state index in [-0.39, 0.29) is 6.04 Å². The van der Waals surface area contributed by atoms with E-state index >= 15 is 0 Å². The summed E-state index contributed by atoms with van der Waals surface area (Å²) in [6.45, 7) is 8.65. The van der Waals surface area contributed by atoms with Gasteiger partial charge < -0.3 is 4.43 Å². The third-order valence-electron chi connectivity index (χ3n) is 2.94. The maximum atomic E-state index is 6.16. The van der Waals surface area contributed by atoms with Crippen LogP contribution in [-0.4, -0.2) is 19.5 Å². The number of aromatic nitrogens is 1. The van der Waals surface area contributed by atoms with Crippen molar-refractivity contribution in [2.75, 3.05) is 0 Å². The summed E-state index contributed by atoms with van der Waals surface area (Å²) < 4.78 is 6.16. The predicted molar refractivity (Wildman–Crippen MR) is 90.7 cm³/mol. The lowest BCUT2D eigenvalue weighted by Crippen LogP contribution is -2.29. The highest BCUT2D eigenvalue weighted by Gasteiger charge is 2.19. The van der Waals surface area contributed by atoms with Crippen LogP contribution < -0.4 is 4.43 Å². The molecule has 0 spiro atoms. The molecular weight excluding hydrogens is 276 g/mol. The van der Waals surface area contributed by atoms with E-state index in [0.29, 0.717) is 0 Å². The Morgan fingerprint density at radius 3 is 2.43 bits per heavy atom. The molecule has 0 bridgehead atoms. The van der Waals surface area contributed by atoms with E-state index in [9.17, 15) is 0 Å². The average Bonchev–Trinajstić information content (AvgIpc) is 2.45. The first-order valence-electron chi connectivity index (χ1n) is 7.17. The lowest BCUT2D eigenvalue weighted by Gasteiger charge is -2.22. The second-order valence-electron chi connectivity index (χ2n) is 5.99. The largest absolute Gasteiger partial charge is 0.544 e. The molecule has 1 aromatic heterocycles. The Hall–Kier alpha value is -1.94. The third kappa shape index (κ3) is 4.83. The Bertz CT molecular complexity index is 606. The van der Waals surface area contributed by atoms with Crippen LogP contribution in [0.1, 0.15) is 24.1 Å². The minimum absolute atomic E-state index is 0.0608. The Morgan fingerprint density at radius 2 is 1.76 bits per heavy atom. The molecule has 2 rings (SSSR count). The molecular formula is C17H22N2OSi. The van der Waals surface area contributed by atoms with Gasteiger partial charge in [-0.25, -0.2) is 0 Å². The fourth-order valence-electron chi connectivity index (χ4n) is 1.98. The van der Waals surface area contributed by atoms with E-state index in [4.69, 9.17) is 4.43 Å². The summed E-state index contributed by atoms with van der Waals surface area (Å²) in [5.41, 5.74) is 2.19. The highest BCUT2D eigenvalue weighted by atomic mass is 28.4. The van der Waals surface area contributed by atoms with Gasteiger partial charge in [0.1, 0.15) is 5.75 Å². The van der Waals surface area contributed by atoms with E-state index in [2.05, 4.69) is 42.6 Å². The average molecular weight is 298 g/mol. The van der Waals surface area contributed by atoms with Crippen molar-refractivity contribution < 1.29 is 4.43 Å². The number of rotatable bonds is 5. The standard InChI is InChI=1S/C17H22N2OSi/c1-14(19-13-15-9-11-18-12-10-15)16-7-5-6-8-17(16)20-21(2,3)4/h5-14H,1-4H3/b19-13+. The van der Waals surface area contributed by atoms with Crippen LogP contribution >= 0.6 is 0 Å². The molecule has 0 N–H and O–H groups in total. The number of aliphatic imine (C=N–C) groups is 1. The van der Waals surface area contributed by atoms with E-state index in [1.165, 1.54) is 0 Å². The zero-order valence-electron chi connectivity index (χ0n) is 13.1. The van der Waals surface area contributed by atoms with E-state index in [1.54, 1.807) is 12.4 Å². The summed E-state index contributed by atoms with van der Waals surface area (Å²) in [6, 6.07) is 12.1. The van der Waals surface area contributed by atoms with Crippen molar-refractivity contribution in [3.05, 3.63) is 59.9 Å². The molecule has 1 unspecified atom stereocenters. The first-order valence-corrected chi connectivity index (χ1v) is 10.6. The van der Waals surface area contributed by atoms with Gasteiger partial charge in [0.25, 0.3) is 0 Å². The summed E-state index contributed by atoms with van der Waals surface area (Å²) in [7, 11) is -1.62. The number of para-hydroxylation sites is 1. The van der Waals surface area contributed by atoms with Gasteiger partial charge in [-0.3, -0.25) is 9.98 Å². The van der Waals surface area contributed by atoms with Crippen molar-refractivity contribution in [2.24, 2.45) is 4.99 Å². The summed E-state index contributed by atoms with van der Waals surface area (Å²) in [6.07, 6.45) is 5.43. The molecule has 3 nitrogen and oxygen atoms in total. The second-order valence-corrected chi connectivity index (χ2v) is 10.4.